The zero-order valence-electron chi connectivity index (χ0n) is 10.6. The van der Waals surface area contributed by atoms with E-state index in [9.17, 15) is 14.9 Å². The summed E-state index contributed by atoms with van der Waals surface area (Å²) in [6.45, 7) is 0. The van der Waals surface area contributed by atoms with E-state index in [-0.39, 0.29) is 17.4 Å². The number of aliphatic imine (C=N–C) groups is 1. The lowest BCUT2D eigenvalue weighted by molar-refractivity contribution is -0.402. The molecule has 2 aromatic rings. The molecule has 0 amide bonds. The van der Waals surface area contributed by atoms with E-state index in [0.29, 0.717) is 5.56 Å². The van der Waals surface area contributed by atoms with E-state index in [1.807, 2.05) is 6.07 Å². The number of carbonyl (C=O) groups excluding carboxylic acids is 1. The molecule has 0 aliphatic carbocycles. The molecular formula is C14H8N2O5. The molecule has 0 atom stereocenters. The Morgan fingerprint density at radius 2 is 1.90 bits per heavy atom. The van der Waals surface area contributed by atoms with Gasteiger partial charge in [0.05, 0.1) is 6.07 Å². The molecule has 1 aromatic heterocycles. The highest BCUT2D eigenvalue weighted by Crippen LogP contribution is 2.22. The lowest BCUT2D eigenvalue weighted by Gasteiger charge is -1.94. The standard InChI is InChI=1S/C14H8N2O5/c17-14-13(9-4-2-1-3-5-9)15-11(21-14)8-10-6-7-12(20-10)16(18)19/h1-8H. The highest BCUT2D eigenvalue weighted by molar-refractivity contribution is 6.45. The van der Waals surface area contributed by atoms with Gasteiger partial charge in [0.15, 0.2) is 5.71 Å². The Kier molecular flexibility index (Phi) is 3.07. The number of hydrogen-bond acceptors (Lipinski definition) is 6. The predicted molar refractivity (Wildman–Crippen MR) is 72.4 cm³/mol. The fourth-order valence-corrected chi connectivity index (χ4v) is 1.80. The molecule has 1 aliphatic rings. The van der Waals surface area contributed by atoms with Crippen molar-refractivity contribution in [2.75, 3.05) is 0 Å². The van der Waals surface area contributed by atoms with Gasteiger partial charge in [-0.1, -0.05) is 30.3 Å². The number of furan rings is 1. The first-order chi connectivity index (χ1) is 10.1. The SMILES string of the molecule is O=C1OC(=Cc2ccc([N+](=O)[O-])o2)N=C1c1ccccc1. The first-order valence-corrected chi connectivity index (χ1v) is 5.96. The quantitative estimate of drug-likeness (QED) is 0.490. The number of benzene rings is 1. The van der Waals surface area contributed by atoms with Crippen LogP contribution in [-0.4, -0.2) is 16.6 Å². The zero-order chi connectivity index (χ0) is 14.8. The minimum absolute atomic E-state index is 0.0306. The zero-order valence-corrected chi connectivity index (χ0v) is 10.6. The maximum Gasteiger partial charge on any atom is 0.433 e. The van der Waals surface area contributed by atoms with Gasteiger partial charge in [-0.15, -0.1) is 0 Å². The molecule has 7 heteroatoms. The van der Waals surface area contributed by atoms with Crippen molar-refractivity contribution in [1.82, 2.24) is 0 Å². The van der Waals surface area contributed by atoms with Gasteiger partial charge in [0.25, 0.3) is 0 Å². The molecule has 2 heterocycles. The van der Waals surface area contributed by atoms with Crippen molar-refractivity contribution in [3.63, 3.8) is 0 Å². The maximum absolute atomic E-state index is 11.8. The van der Waals surface area contributed by atoms with Gasteiger partial charge in [0, 0.05) is 11.6 Å². The van der Waals surface area contributed by atoms with Crippen LogP contribution in [-0.2, 0) is 9.53 Å². The predicted octanol–water partition coefficient (Wildman–Crippen LogP) is 2.53. The molecular weight excluding hydrogens is 276 g/mol. The number of nitrogens with zero attached hydrogens (tertiary/aromatic N) is 2. The molecule has 0 saturated heterocycles. The van der Waals surface area contributed by atoms with E-state index in [1.54, 1.807) is 24.3 Å². The van der Waals surface area contributed by atoms with Crippen molar-refractivity contribution in [1.29, 1.82) is 0 Å². The van der Waals surface area contributed by atoms with Crippen molar-refractivity contribution >= 4 is 23.6 Å². The molecule has 0 N–H and O–H groups in total. The lowest BCUT2D eigenvalue weighted by atomic mass is 10.1. The van der Waals surface area contributed by atoms with Crippen molar-refractivity contribution in [2.45, 2.75) is 0 Å². The minimum Gasteiger partial charge on any atom is -0.403 e. The number of carbonyl (C=O) groups is 1. The Morgan fingerprint density at radius 1 is 1.14 bits per heavy atom. The van der Waals surface area contributed by atoms with Crippen LogP contribution >= 0.6 is 0 Å². The summed E-state index contributed by atoms with van der Waals surface area (Å²) in [5.74, 6) is -0.752. The van der Waals surface area contributed by atoms with E-state index in [2.05, 4.69) is 4.99 Å². The number of hydrogen-bond donors (Lipinski definition) is 0. The van der Waals surface area contributed by atoms with Gasteiger partial charge in [0.2, 0.25) is 5.88 Å². The van der Waals surface area contributed by atoms with Crippen LogP contribution in [0.2, 0.25) is 0 Å². The third-order valence-corrected chi connectivity index (χ3v) is 2.72. The topological polar surface area (TPSA) is 94.9 Å². The van der Waals surface area contributed by atoms with Crippen LogP contribution in [0.3, 0.4) is 0 Å². The Bertz CT molecular complexity index is 774. The third-order valence-electron chi connectivity index (χ3n) is 2.72. The second-order valence-electron chi connectivity index (χ2n) is 4.13. The van der Waals surface area contributed by atoms with E-state index < -0.39 is 16.8 Å². The summed E-state index contributed by atoms with van der Waals surface area (Å²) in [4.78, 5) is 25.7. The highest BCUT2D eigenvalue weighted by Gasteiger charge is 2.25. The van der Waals surface area contributed by atoms with Crippen molar-refractivity contribution in [2.24, 2.45) is 4.99 Å². The van der Waals surface area contributed by atoms with Gasteiger partial charge in [-0.2, -0.15) is 0 Å². The Hall–Kier alpha value is -3.22. The normalized spacial score (nSPS) is 15.9. The molecule has 0 spiro atoms. The summed E-state index contributed by atoms with van der Waals surface area (Å²) in [7, 11) is 0. The highest BCUT2D eigenvalue weighted by atomic mass is 16.6. The second kappa shape index (κ2) is 5.04. The molecule has 7 nitrogen and oxygen atoms in total. The fraction of sp³-hybridized carbons (Fsp3) is 0. The van der Waals surface area contributed by atoms with Crippen molar-refractivity contribution in [3.05, 3.63) is 69.8 Å². The van der Waals surface area contributed by atoms with E-state index in [0.717, 1.165) is 0 Å². The average molecular weight is 284 g/mol. The number of ether oxygens (including phenoxy) is 1. The van der Waals surface area contributed by atoms with Crippen LogP contribution in [0.1, 0.15) is 11.3 Å². The molecule has 1 aliphatic heterocycles. The van der Waals surface area contributed by atoms with Crippen molar-refractivity contribution in [3.8, 4) is 0 Å². The van der Waals surface area contributed by atoms with Crippen LogP contribution in [0.15, 0.2) is 57.8 Å². The van der Waals surface area contributed by atoms with Gasteiger partial charge < -0.3 is 9.15 Å². The summed E-state index contributed by atoms with van der Waals surface area (Å²) in [6, 6.07) is 11.5. The molecule has 21 heavy (non-hydrogen) atoms. The number of cyclic esters (lactones) is 1. The first kappa shape index (κ1) is 12.8. The van der Waals surface area contributed by atoms with Gasteiger partial charge >= 0.3 is 11.9 Å². The molecule has 0 fully saturated rings. The van der Waals surface area contributed by atoms with Crippen LogP contribution in [0.25, 0.3) is 6.08 Å². The van der Waals surface area contributed by atoms with E-state index in [1.165, 1.54) is 18.2 Å². The van der Waals surface area contributed by atoms with Gasteiger partial charge in [-0.3, -0.25) is 10.1 Å². The molecule has 0 bridgehead atoms. The molecule has 104 valence electrons. The largest absolute Gasteiger partial charge is 0.433 e. The Morgan fingerprint density at radius 3 is 2.57 bits per heavy atom. The first-order valence-electron chi connectivity index (χ1n) is 5.96. The Balaban J connectivity index is 1.90. The van der Waals surface area contributed by atoms with Crippen LogP contribution in [0.5, 0.6) is 0 Å². The average Bonchev–Trinajstić information content (AvgIpc) is 3.07. The molecule has 0 radical (unpaired) electrons. The maximum atomic E-state index is 11.8. The van der Waals surface area contributed by atoms with E-state index >= 15 is 0 Å². The monoisotopic (exact) mass is 284 g/mol. The summed E-state index contributed by atoms with van der Waals surface area (Å²) in [5, 5.41) is 10.5. The minimum atomic E-state index is -0.651. The van der Waals surface area contributed by atoms with Crippen molar-refractivity contribution < 1.29 is 18.9 Å². The van der Waals surface area contributed by atoms with Gasteiger partial charge in [-0.05, 0) is 6.07 Å². The van der Waals surface area contributed by atoms with Crippen LogP contribution in [0, 0.1) is 10.1 Å². The fourth-order valence-electron chi connectivity index (χ4n) is 1.80. The van der Waals surface area contributed by atoms with E-state index in [4.69, 9.17) is 9.15 Å². The smallest absolute Gasteiger partial charge is 0.403 e. The number of nitro groups is 1. The van der Waals surface area contributed by atoms with Crippen LogP contribution < -0.4 is 0 Å². The van der Waals surface area contributed by atoms with Gasteiger partial charge in [-0.25, -0.2) is 9.79 Å². The molecule has 3 rings (SSSR count). The summed E-state index contributed by atoms with van der Waals surface area (Å²) in [6.07, 6.45) is 1.32. The number of rotatable bonds is 3. The summed E-state index contributed by atoms with van der Waals surface area (Å²) < 4.78 is 9.94. The summed E-state index contributed by atoms with van der Waals surface area (Å²) >= 11 is 0. The molecule has 1 aromatic carbocycles. The second-order valence-corrected chi connectivity index (χ2v) is 4.13. The summed E-state index contributed by atoms with van der Waals surface area (Å²) in [5.41, 5.74) is 0.819. The molecule has 0 saturated carbocycles. The number of esters is 1. The van der Waals surface area contributed by atoms with Crippen LogP contribution in [0.4, 0.5) is 5.88 Å². The lowest BCUT2D eigenvalue weighted by Crippen LogP contribution is -2.10. The third kappa shape index (κ3) is 2.57. The Labute approximate surface area is 118 Å². The van der Waals surface area contributed by atoms with Gasteiger partial charge in [0.1, 0.15) is 10.7 Å². The molecule has 0 unspecified atom stereocenters.